The van der Waals surface area contributed by atoms with E-state index in [1.807, 2.05) is 19.1 Å². The molecule has 31 heavy (non-hydrogen) atoms. The number of carbonyl (C=O) groups is 1. The number of aromatic nitrogens is 1. The monoisotopic (exact) mass is 416 g/mol. The van der Waals surface area contributed by atoms with Crippen LogP contribution in [0.25, 0.3) is 10.9 Å². The maximum Gasteiger partial charge on any atom is 0.316 e. The average molecular weight is 417 g/mol. The molecule has 2 fully saturated rings. The van der Waals surface area contributed by atoms with Gasteiger partial charge in [0.05, 0.1) is 19.8 Å². The summed E-state index contributed by atoms with van der Waals surface area (Å²) >= 11 is 0. The number of esters is 1. The zero-order chi connectivity index (χ0) is 21.2. The Morgan fingerprint density at radius 2 is 1.97 bits per heavy atom. The smallest absolute Gasteiger partial charge is 0.316 e. The van der Waals surface area contributed by atoms with Gasteiger partial charge in [0.15, 0.2) is 0 Å². The van der Waals surface area contributed by atoms with Crippen LogP contribution in [-0.2, 0) is 16.1 Å². The van der Waals surface area contributed by atoms with E-state index >= 15 is 0 Å². The highest BCUT2D eigenvalue weighted by molar-refractivity contribution is 5.86. The Hall–Kier alpha value is -2.79. The zero-order valence-corrected chi connectivity index (χ0v) is 18.1. The van der Waals surface area contributed by atoms with E-state index < -0.39 is 5.41 Å². The molecule has 0 spiro atoms. The van der Waals surface area contributed by atoms with Gasteiger partial charge in [-0.2, -0.15) is 0 Å². The molecule has 6 rings (SSSR count). The summed E-state index contributed by atoms with van der Waals surface area (Å²) in [6.07, 6.45) is 2.29. The first-order valence-corrected chi connectivity index (χ1v) is 11.3. The van der Waals surface area contributed by atoms with Crippen LogP contribution < -0.4 is 4.74 Å². The maximum atomic E-state index is 13.8. The molecule has 5 nitrogen and oxygen atoms in total. The molecule has 0 saturated carbocycles. The largest absolute Gasteiger partial charge is 0.497 e. The van der Waals surface area contributed by atoms with Gasteiger partial charge in [0, 0.05) is 29.7 Å². The number of hydrogen-bond donors (Lipinski definition) is 0. The Bertz CT molecular complexity index is 1150. The number of methoxy groups -OCH3 is 1. The van der Waals surface area contributed by atoms with Crippen LogP contribution in [0.15, 0.2) is 54.6 Å². The normalized spacial score (nSPS) is 29.0. The van der Waals surface area contributed by atoms with Gasteiger partial charge >= 0.3 is 5.97 Å². The molecule has 4 heterocycles. The molecular formula is C26H28N2O3. The summed E-state index contributed by atoms with van der Waals surface area (Å²) in [5.41, 5.74) is 3.08. The number of para-hydroxylation sites is 1. The number of fused-ring (bicyclic) bond motifs is 7. The van der Waals surface area contributed by atoms with Gasteiger partial charge in [-0.15, -0.1) is 0 Å². The summed E-state index contributed by atoms with van der Waals surface area (Å²) in [5, 5.41) is 1.25. The molecule has 1 aromatic heterocycles. The van der Waals surface area contributed by atoms with Gasteiger partial charge in [-0.05, 0) is 61.5 Å². The predicted molar refractivity (Wildman–Crippen MR) is 119 cm³/mol. The minimum atomic E-state index is -0.602. The fraction of sp³-hybridized carbons (Fsp3) is 0.423. The van der Waals surface area contributed by atoms with Crippen molar-refractivity contribution in [3.05, 3.63) is 65.9 Å². The van der Waals surface area contributed by atoms with E-state index in [9.17, 15) is 4.79 Å². The first-order chi connectivity index (χ1) is 15.2. The predicted octanol–water partition coefficient (Wildman–Crippen LogP) is 4.52. The van der Waals surface area contributed by atoms with Crippen LogP contribution in [0, 0.1) is 5.41 Å². The summed E-state index contributed by atoms with van der Waals surface area (Å²) < 4.78 is 13.6. The summed E-state index contributed by atoms with van der Waals surface area (Å²) in [6.45, 7) is 4.02. The van der Waals surface area contributed by atoms with Gasteiger partial charge in [-0.1, -0.05) is 30.3 Å². The van der Waals surface area contributed by atoms with Crippen LogP contribution in [-0.4, -0.2) is 41.7 Å². The molecule has 2 saturated heterocycles. The van der Waals surface area contributed by atoms with Crippen molar-refractivity contribution >= 4 is 16.9 Å². The number of nitrogens with zero attached hydrogens (tertiary/aromatic N) is 2. The van der Waals surface area contributed by atoms with E-state index in [0.29, 0.717) is 19.2 Å². The van der Waals surface area contributed by atoms with Gasteiger partial charge in [-0.3, -0.25) is 9.69 Å². The topological polar surface area (TPSA) is 43.7 Å². The summed E-state index contributed by atoms with van der Waals surface area (Å²) in [5.74, 6) is 0.891. The standard InChI is InChI=1S/C26H28N2O3/c1-3-31-25(29)26-16-28-20-8-5-4-7-18(20)15-22(28)24(26)27-14-6-9-21(27)23(26)17-10-12-19(30-2)13-11-17/h4-5,7-8,10-13,15,21,23-24H,3,6,9,14,16H2,1-2H3/t21?,23-,24-,26?/m0/s1. The lowest BCUT2D eigenvalue weighted by molar-refractivity contribution is -0.158. The van der Waals surface area contributed by atoms with Crippen molar-refractivity contribution in [3.8, 4) is 5.75 Å². The highest BCUT2D eigenvalue weighted by atomic mass is 16.5. The lowest BCUT2D eigenvalue weighted by Gasteiger charge is -2.34. The third kappa shape index (κ3) is 2.44. The minimum Gasteiger partial charge on any atom is -0.497 e. The van der Waals surface area contributed by atoms with E-state index in [0.717, 1.165) is 18.7 Å². The number of rotatable bonds is 4. The van der Waals surface area contributed by atoms with Crippen molar-refractivity contribution in [2.75, 3.05) is 20.3 Å². The Kier molecular flexibility index (Phi) is 4.19. The van der Waals surface area contributed by atoms with Gasteiger partial charge in [0.25, 0.3) is 0 Å². The molecule has 0 aliphatic carbocycles. The van der Waals surface area contributed by atoms with Gasteiger partial charge in [-0.25, -0.2) is 0 Å². The van der Waals surface area contributed by atoms with Crippen molar-refractivity contribution < 1.29 is 14.3 Å². The Labute approximate surface area is 182 Å². The van der Waals surface area contributed by atoms with Crippen molar-refractivity contribution in [1.29, 1.82) is 0 Å². The lowest BCUT2D eigenvalue weighted by Crippen LogP contribution is -2.41. The van der Waals surface area contributed by atoms with E-state index in [2.05, 4.69) is 51.9 Å². The van der Waals surface area contributed by atoms with Crippen LogP contribution in [0.4, 0.5) is 0 Å². The van der Waals surface area contributed by atoms with Gasteiger partial charge < -0.3 is 14.0 Å². The van der Waals surface area contributed by atoms with Crippen LogP contribution >= 0.6 is 0 Å². The molecule has 160 valence electrons. The third-order valence-corrected chi connectivity index (χ3v) is 7.77. The number of carbonyl (C=O) groups excluding carboxylic acids is 1. The Balaban J connectivity index is 1.56. The molecular weight excluding hydrogens is 388 g/mol. The molecule has 5 heteroatoms. The molecule has 3 aliphatic rings. The molecule has 2 aromatic carbocycles. The second-order valence-corrected chi connectivity index (χ2v) is 9.08. The van der Waals surface area contributed by atoms with Crippen molar-refractivity contribution in [3.63, 3.8) is 0 Å². The van der Waals surface area contributed by atoms with Crippen molar-refractivity contribution in [2.45, 2.75) is 44.3 Å². The minimum absolute atomic E-state index is 0.0528. The lowest BCUT2D eigenvalue weighted by atomic mass is 9.68. The zero-order valence-electron chi connectivity index (χ0n) is 18.1. The van der Waals surface area contributed by atoms with Crippen molar-refractivity contribution in [2.24, 2.45) is 5.41 Å². The fourth-order valence-corrected chi connectivity index (χ4v) is 6.72. The number of benzene rings is 2. The quantitative estimate of drug-likeness (QED) is 0.587. The van der Waals surface area contributed by atoms with E-state index in [1.165, 1.54) is 28.6 Å². The molecule has 0 amide bonds. The second kappa shape index (κ2) is 6.86. The molecule has 3 aliphatic heterocycles. The van der Waals surface area contributed by atoms with E-state index in [4.69, 9.17) is 9.47 Å². The van der Waals surface area contributed by atoms with Crippen LogP contribution in [0.5, 0.6) is 5.75 Å². The maximum absolute atomic E-state index is 13.8. The number of hydrogen-bond acceptors (Lipinski definition) is 4. The van der Waals surface area contributed by atoms with Crippen molar-refractivity contribution in [1.82, 2.24) is 9.47 Å². The number of ether oxygens (including phenoxy) is 2. The molecule has 2 unspecified atom stereocenters. The van der Waals surface area contributed by atoms with Crippen LogP contribution in [0.3, 0.4) is 0 Å². The van der Waals surface area contributed by atoms with Gasteiger partial charge in [0.2, 0.25) is 0 Å². The van der Waals surface area contributed by atoms with Crippen LogP contribution in [0.2, 0.25) is 0 Å². The highest BCUT2D eigenvalue weighted by Gasteiger charge is 2.69. The van der Waals surface area contributed by atoms with Crippen LogP contribution in [0.1, 0.15) is 43.0 Å². The molecule has 3 aromatic rings. The molecule has 4 atom stereocenters. The van der Waals surface area contributed by atoms with Gasteiger partial charge in [0.1, 0.15) is 11.2 Å². The summed E-state index contributed by atoms with van der Waals surface area (Å²) in [4.78, 5) is 16.4. The second-order valence-electron chi connectivity index (χ2n) is 9.08. The average Bonchev–Trinajstić information content (AvgIpc) is 3.51. The first-order valence-electron chi connectivity index (χ1n) is 11.3. The highest BCUT2D eigenvalue weighted by Crippen LogP contribution is 2.65. The molecule has 0 bridgehead atoms. The summed E-state index contributed by atoms with van der Waals surface area (Å²) in [7, 11) is 1.69. The SMILES string of the molecule is CCOC(=O)C12Cn3c(cc4ccccc43)[C@@H]1N1CCCC1[C@@H]2c1ccc(OC)cc1. The first kappa shape index (κ1) is 18.9. The third-order valence-electron chi connectivity index (χ3n) is 7.77. The molecule has 0 N–H and O–H groups in total. The molecule has 0 radical (unpaired) electrons. The Morgan fingerprint density at radius 3 is 2.74 bits per heavy atom. The Morgan fingerprint density at radius 1 is 1.16 bits per heavy atom. The van der Waals surface area contributed by atoms with E-state index in [1.54, 1.807) is 7.11 Å². The fourth-order valence-electron chi connectivity index (χ4n) is 6.72. The summed E-state index contributed by atoms with van der Waals surface area (Å²) in [6, 6.07) is 19.6. The van der Waals surface area contributed by atoms with E-state index in [-0.39, 0.29) is 17.9 Å².